The van der Waals surface area contributed by atoms with Gasteiger partial charge in [0.15, 0.2) is 0 Å². The molecule has 3 heteroatoms. The number of ether oxygens (including phenoxy) is 1. The minimum atomic E-state index is -0.295. The molecule has 0 bridgehead atoms. The highest BCUT2D eigenvalue weighted by atomic mass is 19.1. The molecule has 0 amide bonds. The summed E-state index contributed by atoms with van der Waals surface area (Å²) in [6, 6.07) is 0. The number of hydrogen-bond donors (Lipinski definition) is 0. The SMILES string of the molecule is C=C(C)C(=O)OCCCCCCCCCCF. The summed E-state index contributed by atoms with van der Waals surface area (Å²) in [6.07, 6.45) is 8.40. The lowest BCUT2D eigenvalue weighted by Crippen LogP contribution is -2.05. The van der Waals surface area contributed by atoms with Gasteiger partial charge in [-0.3, -0.25) is 4.39 Å². The topological polar surface area (TPSA) is 26.3 Å². The van der Waals surface area contributed by atoms with Crippen LogP contribution in [-0.4, -0.2) is 19.3 Å². The normalized spacial score (nSPS) is 10.2. The maximum atomic E-state index is 11.8. The molecule has 0 N–H and O–H groups in total. The van der Waals surface area contributed by atoms with E-state index in [2.05, 4.69) is 6.58 Å². The van der Waals surface area contributed by atoms with Crippen LogP contribution in [0.15, 0.2) is 12.2 Å². The highest BCUT2D eigenvalue weighted by molar-refractivity contribution is 5.86. The van der Waals surface area contributed by atoms with Crippen LogP contribution in [0.5, 0.6) is 0 Å². The highest BCUT2D eigenvalue weighted by Gasteiger charge is 2.01. The van der Waals surface area contributed by atoms with Crippen molar-refractivity contribution in [2.45, 2.75) is 58.3 Å². The van der Waals surface area contributed by atoms with Crippen molar-refractivity contribution in [1.29, 1.82) is 0 Å². The molecule has 100 valence electrons. The predicted molar refractivity (Wildman–Crippen MR) is 68.7 cm³/mol. The molecule has 0 aromatic heterocycles. The van der Waals surface area contributed by atoms with Gasteiger partial charge in [0, 0.05) is 5.57 Å². The number of esters is 1. The molecule has 0 spiro atoms. The number of unbranched alkanes of at least 4 members (excludes halogenated alkanes) is 7. The smallest absolute Gasteiger partial charge is 0.333 e. The largest absolute Gasteiger partial charge is 0.462 e. The van der Waals surface area contributed by atoms with E-state index in [4.69, 9.17) is 4.74 Å². The van der Waals surface area contributed by atoms with Gasteiger partial charge in [-0.05, 0) is 19.8 Å². The lowest BCUT2D eigenvalue weighted by molar-refractivity contribution is -0.139. The maximum absolute atomic E-state index is 11.8. The van der Waals surface area contributed by atoms with Crippen molar-refractivity contribution in [2.24, 2.45) is 0 Å². The highest BCUT2D eigenvalue weighted by Crippen LogP contribution is 2.08. The Morgan fingerprint density at radius 3 is 1.94 bits per heavy atom. The molecule has 0 fully saturated rings. The third-order valence-electron chi connectivity index (χ3n) is 2.61. The zero-order valence-corrected chi connectivity index (χ0v) is 11.0. The minimum Gasteiger partial charge on any atom is -0.462 e. The zero-order valence-electron chi connectivity index (χ0n) is 11.0. The summed E-state index contributed by atoms with van der Waals surface area (Å²) < 4.78 is 16.8. The van der Waals surface area contributed by atoms with Crippen LogP contribution in [0.4, 0.5) is 4.39 Å². The molecule has 0 atom stereocenters. The Kier molecular flexibility index (Phi) is 11.0. The molecule has 0 heterocycles. The van der Waals surface area contributed by atoms with E-state index >= 15 is 0 Å². The Morgan fingerprint density at radius 1 is 1.00 bits per heavy atom. The third-order valence-corrected chi connectivity index (χ3v) is 2.61. The van der Waals surface area contributed by atoms with Crippen LogP contribution in [0.2, 0.25) is 0 Å². The van der Waals surface area contributed by atoms with Crippen molar-refractivity contribution < 1.29 is 13.9 Å². The van der Waals surface area contributed by atoms with Crippen LogP contribution < -0.4 is 0 Å². The quantitative estimate of drug-likeness (QED) is 0.309. The lowest BCUT2D eigenvalue weighted by Gasteiger charge is -2.04. The van der Waals surface area contributed by atoms with Gasteiger partial charge in [0.1, 0.15) is 0 Å². The fourth-order valence-electron chi connectivity index (χ4n) is 1.55. The van der Waals surface area contributed by atoms with Crippen molar-refractivity contribution >= 4 is 5.97 Å². The Labute approximate surface area is 104 Å². The van der Waals surface area contributed by atoms with Crippen molar-refractivity contribution in [3.63, 3.8) is 0 Å². The molecule has 0 saturated heterocycles. The van der Waals surface area contributed by atoms with Gasteiger partial charge in [-0.15, -0.1) is 0 Å². The van der Waals surface area contributed by atoms with E-state index in [1.54, 1.807) is 6.92 Å². The summed E-state index contributed by atoms with van der Waals surface area (Å²) in [5, 5.41) is 0. The second-order valence-electron chi connectivity index (χ2n) is 4.43. The van der Waals surface area contributed by atoms with Crippen LogP contribution in [0.25, 0.3) is 0 Å². The van der Waals surface area contributed by atoms with Gasteiger partial charge < -0.3 is 4.74 Å². The standard InChI is InChI=1S/C14H25FO2/c1-13(2)14(16)17-12-10-8-6-4-3-5-7-9-11-15/h1,3-12H2,2H3. The first kappa shape index (κ1) is 16.1. The maximum Gasteiger partial charge on any atom is 0.333 e. The number of alkyl halides is 1. The number of carbonyl (C=O) groups is 1. The molecule has 0 radical (unpaired) electrons. The van der Waals surface area contributed by atoms with Gasteiger partial charge >= 0.3 is 5.97 Å². The van der Waals surface area contributed by atoms with E-state index in [1.807, 2.05) is 0 Å². The first-order valence-electron chi connectivity index (χ1n) is 6.57. The van der Waals surface area contributed by atoms with Gasteiger partial charge in [-0.1, -0.05) is 45.1 Å². The van der Waals surface area contributed by atoms with Crippen LogP contribution >= 0.6 is 0 Å². The summed E-state index contributed by atoms with van der Waals surface area (Å²) in [5.41, 5.74) is 0.456. The number of rotatable bonds is 11. The minimum absolute atomic E-state index is 0.186. The fourth-order valence-corrected chi connectivity index (χ4v) is 1.55. The molecule has 0 aromatic carbocycles. The second kappa shape index (κ2) is 11.6. The molecular formula is C14H25FO2. The molecule has 0 aliphatic rings. The molecular weight excluding hydrogens is 219 g/mol. The van der Waals surface area contributed by atoms with Crippen LogP contribution in [0, 0.1) is 0 Å². The Hall–Kier alpha value is -0.860. The van der Waals surface area contributed by atoms with E-state index in [0.29, 0.717) is 18.6 Å². The molecule has 0 aromatic rings. The predicted octanol–water partition coefficient (Wildman–Crippen LogP) is 4.20. The molecule has 0 aliphatic carbocycles. The van der Waals surface area contributed by atoms with E-state index < -0.39 is 0 Å². The van der Waals surface area contributed by atoms with Crippen molar-refractivity contribution in [3.8, 4) is 0 Å². The van der Waals surface area contributed by atoms with Gasteiger partial charge in [0.05, 0.1) is 13.3 Å². The van der Waals surface area contributed by atoms with Crippen LogP contribution in [-0.2, 0) is 9.53 Å². The fraction of sp³-hybridized carbons (Fsp3) is 0.786. The summed E-state index contributed by atoms with van der Waals surface area (Å²) >= 11 is 0. The molecule has 0 saturated carbocycles. The third kappa shape index (κ3) is 11.4. The molecule has 17 heavy (non-hydrogen) atoms. The zero-order chi connectivity index (χ0) is 12.9. The summed E-state index contributed by atoms with van der Waals surface area (Å²) in [7, 11) is 0. The summed E-state index contributed by atoms with van der Waals surface area (Å²) in [6.45, 7) is 5.48. The average molecular weight is 244 g/mol. The second-order valence-corrected chi connectivity index (χ2v) is 4.43. The first-order valence-corrected chi connectivity index (χ1v) is 6.57. The van der Waals surface area contributed by atoms with Crippen molar-refractivity contribution in [2.75, 3.05) is 13.3 Å². The first-order chi connectivity index (χ1) is 8.18. The van der Waals surface area contributed by atoms with Crippen molar-refractivity contribution in [3.05, 3.63) is 12.2 Å². The van der Waals surface area contributed by atoms with E-state index in [-0.39, 0.29) is 12.6 Å². The number of halogens is 1. The number of hydrogen-bond acceptors (Lipinski definition) is 2. The van der Waals surface area contributed by atoms with Crippen LogP contribution in [0.3, 0.4) is 0 Å². The van der Waals surface area contributed by atoms with Crippen LogP contribution in [0.1, 0.15) is 58.3 Å². The summed E-state index contributed by atoms with van der Waals surface area (Å²) in [4.78, 5) is 11.0. The number of carbonyl (C=O) groups excluding carboxylic acids is 1. The van der Waals surface area contributed by atoms with Gasteiger partial charge in [0.2, 0.25) is 0 Å². The van der Waals surface area contributed by atoms with E-state index in [9.17, 15) is 9.18 Å². The molecule has 2 nitrogen and oxygen atoms in total. The molecule has 0 aliphatic heterocycles. The lowest BCUT2D eigenvalue weighted by atomic mass is 10.1. The Balaban J connectivity index is 3.08. The monoisotopic (exact) mass is 244 g/mol. The van der Waals surface area contributed by atoms with Gasteiger partial charge in [-0.2, -0.15) is 0 Å². The van der Waals surface area contributed by atoms with Gasteiger partial charge in [0.25, 0.3) is 0 Å². The molecule has 0 unspecified atom stereocenters. The average Bonchev–Trinajstić information content (AvgIpc) is 2.31. The summed E-state index contributed by atoms with van der Waals surface area (Å²) in [5.74, 6) is -0.295. The Bertz CT molecular complexity index is 214. The van der Waals surface area contributed by atoms with E-state index in [1.165, 1.54) is 19.3 Å². The molecule has 0 rings (SSSR count). The van der Waals surface area contributed by atoms with Gasteiger partial charge in [-0.25, -0.2) is 4.79 Å². The van der Waals surface area contributed by atoms with E-state index in [0.717, 1.165) is 25.7 Å². The Morgan fingerprint density at radius 2 is 1.47 bits per heavy atom. The van der Waals surface area contributed by atoms with Crippen molar-refractivity contribution in [1.82, 2.24) is 0 Å².